The van der Waals surface area contributed by atoms with Gasteiger partial charge in [-0.05, 0) is 36.6 Å². The maximum absolute atomic E-state index is 12.3. The number of carbonyl (C=O) groups excluding carboxylic acids is 1. The highest BCUT2D eigenvalue weighted by molar-refractivity contribution is 5.95. The van der Waals surface area contributed by atoms with Crippen LogP contribution in [0.25, 0.3) is 0 Å². The van der Waals surface area contributed by atoms with Gasteiger partial charge < -0.3 is 10.6 Å². The molecule has 22 heavy (non-hydrogen) atoms. The van der Waals surface area contributed by atoms with Crippen molar-refractivity contribution in [1.82, 2.24) is 15.1 Å². The SMILES string of the molecule is CCc1nn(C)cc1CNC(=O)c1ccc2c(c1)CCN2.Cl. The Bertz CT molecular complexity index is 681. The second-order valence-corrected chi connectivity index (χ2v) is 5.36. The maximum Gasteiger partial charge on any atom is 0.251 e. The van der Waals surface area contributed by atoms with Crippen molar-refractivity contribution < 1.29 is 4.79 Å². The summed E-state index contributed by atoms with van der Waals surface area (Å²) in [7, 11) is 1.90. The van der Waals surface area contributed by atoms with Crippen molar-refractivity contribution in [3.63, 3.8) is 0 Å². The molecule has 1 amide bonds. The maximum atomic E-state index is 12.3. The highest BCUT2D eigenvalue weighted by Gasteiger charge is 2.14. The molecule has 1 aromatic heterocycles. The Morgan fingerprint density at radius 2 is 2.27 bits per heavy atom. The van der Waals surface area contributed by atoms with Crippen LogP contribution in [0.5, 0.6) is 0 Å². The van der Waals surface area contributed by atoms with E-state index >= 15 is 0 Å². The fourth-order valence-electron chi connectivity index (χ4n) is 2.75. The minimum Gasteiger partial charge on any atom is -0.384 e. The molecule has 2 aromatic rings. The standard InChI is InChI=1S/C16H20N4O.ClH/c1-3-14-13(10-20(2)19-14)9-18-16(21)12-4-5-15-11(8-12)6-7-17-15;/h4-5,8,10,17H,3,6-7,9H2,1-2H3,(H,18,21);1H. The number of nitrogens with one attached hydrogen (secondary N) is 2. The lowest BCUT2D eigenvalue weighted by Gasteiger charge is -2.07. The number of rotatable bonds is 4. The minimum atomic E-state index is -0.0318. The van der Waals surface area contributed by atoms with Crippen molar-refractivity contribution in [2.45, 2.75) is 26.3 Å². The quantitative estimate of drug-likeness (QED) is 0.909. The highest BCUT2D eigenvalue weighted by atomic mass is 35.5. The van der Waals surface area contributed by atoms with E-state index in [0.29, 0.717) is 6.54 Å². The van der Waals surface area contributed by atoms with Gasteiger partial charge in [0.25, 0.3) is 5.91 Å². The van der Waals surface area contributed by atoms with Crippen molar-refractivity contribution in [1.29, 1.82) is 0 Å². The molecule has 0 bridgehead atoms. The molecule has 0 radical (unpaired) electrons. The average molecular weight is 321 g/mol. The van der Waals surface area contributed by atoms with Crippen LogP contribution in [0.2, 0.25) is 0 Å². The molecule has 0 saturated heterocycles. The third-order valence-electron chi connectivity index (χ3n) is 3.84. The molecule has 0 spiro atoms. The van der Waals surface area contributed by atoms with Crippen molar-refractivity contribution in [2.24, 2.45) is 7.05 Å². The molecule has 0 unspecified atom stereocenters. The molecule has 0 fully saturated rings. The number of halogens is 1. The lowest BCUT2D eigenvalue weighted by atomic mass is 10.1. The van der Waals surface area contributed by atoms with Crippen molar-refractivity contribution >= 4 is 24.0 Å². The number of amides is 1. The summed E-state index contributed by atoms with van der Waals surface area (Å²) in [5.41, 5.74) is 5.21. The summed E-state index contributed by atoms with van der Waals surface area (Å²) in [5.74, 6) is -0.0318. The summed E-state index contributed by atoms with van der Waals surface area (Å²) in [6.45, 7) is 3.54. The number of nitrogens with zero attached hydrogens (tertiary/aromatic N) is 2. The summed E-state index contributed by atoms with van der Waals surface area (Å²) in [6.07, 6.45) is 3.82. The Morgan fingerprint density at radius 3 is 3.05 bits per heavy atom. The van der Waals surface area contributed by atoms with E-state index in [1.807, 2.05) is 31.4 Å². The zero-order chi connectivity index (χ0) is 14.8. The molecular formula is C16H21ClN4O. The Labute approximate surface area is 136 Å². The number of aryl methyl sites for hydroxylation is 2. The van der Waals surface area contributed by atoms with Crippen molar-refractivity contribution in [3.05, 3.63) is 46.8 Å². The topological polar surface area (TPSA) is 59.0 Å². The second kappa shape index (κ2) is 6.83. The molecule has 1 aliphatic rings. The molecule has 2 N–H and O–H groups in total. The van der Waals surface area contributed by atoms with Crippen molar-refractivity contribution in [2.75, 3.05) is 11.9 Å². The van der Waals surface area contributed by atoms with E-state index in [2.05, 4.69) is 22.7 Å². The van der Waals surface area contributed by atoms with Gasteiger partial charge in [-0.1, -0.05) is 6.92 Å². The van der Waals surface area contributed by atoms with Crippen LogP contribution in [0, 0.1) is 0 Å². The summed E-state index contributed by atoms with van der Waals surface area (Å²) in [4.78, 5) is 12.3. The van der Waals surface area contributed by atoms with E-state index in [-0.39, 0.29) is 18.3 Å². The normalized spacial score (nSPS) is 12.3. The smallest absolute Gasteiger partial charge is 0.251 e. The Hall–Kier alpha value is -2.01. The van der Waals surface area contributed by atoms with Gasteiger partial charge in [-0.2, -0.15) is 5.10 Å². The second-order valence-electron chi connectivity index (χ2n) is 5.36. The first kappa shape index (κ1) is 16.4. The number of benzene rings is 1. The molecule has 6 heteroatoms. The molecule has 2 heterocycles. The van der Waals surface area contributed by atoms with Crippen LogP contribution in [0.15, 0.2) is 24.4 Å². The lowest BCUT2D eigenvalue weighted by molar-refractivity contribution is 0.0951. The molecule has 0 atom stereocenters. The van der Waals surface area contributed by atoms with Crippen LogP contribution in [-0.2, 0) is 26.4 Å². The predicted octanol–water partition coefficient (Wildman–Crippen LogP) is 2.30. The Balaban J connectivity index is 0.00000176. The first-order valence-corrected chi connectivity index (χ1v) is 7.33. The Kier molecular flexibility index (Phi) is 5.08. The van der Waals surface area contributed by atoms with Gasteiger partial charge in [-0.15, -0.1) is 12.4 Å². The number of fused-ring (bicyclic) bond motifs is 1. The van der Waals surface area contributed by atoms with E-state index < -0.39 is 0 Å². The van der Waals surface area contributed by atoms with Crippen LogP contribution < -0.4 is 10.6 Å². The zero-order valence-corrected chi connectivity index (χ0v) is 13.7. The monoisotopic (exact) mass is 320 g/mol. The number of aromatic nitrogens is 2. The first-order valence-electron chi connectivity index (χ1n) is 7.33. The van der Waals surface area contributed by atoms with Gasteiger partial charge in [-0.3, -0.25) is 9.48 Å². The van der Waals surface area contributed by atoms with E-state index in [0.717, 1.165) is 41.9 Å². The zero-order valence-electron chi connectivity index (χ0n) is 12.8. The fraction of sp³-hybridized carbons (Fsp3) is 0.375. The van der Waals surface area contributed by atoms with E-state index in [1.54, 1.807) is 4.68 Å². The van der Waals surface area contributed by atoms with E-state index in [9.17, 15) is 4.79 Å². The van der Waals surface area contributed by atoms with Gasteiger partial charge >= 0.3 is 0 Å². The minimum absolute atomic E-state index is 0. The van der Waals surface area contributed by atoms with E-state index in [4.69, 9.17) is 0 Å². The van der Waals surface area contributed by atoms with Crippen molar-refractivity contribution in [3.8, 4) is 0 Å². The third kappa shape index (κ3) is 3.25. The molecule has 3 rings (SSSR count). The number of hydrogen-bond acceptors (Lipinski definition) is 3. The van der Waals surface area contributed by atoms with Gasteiger partial charge in [0, 0.05) is 43.1 Å². The first-order chi connectivity index (χ1) is 10.2. The van der Waals surface area contributed by atoms with Gasteiger partial charge in [0.2, 0.25) is 0 Å². The number of hydrogen-bond donors (Lipinski definition) is 2. The summed E-state index contributed by atoms with van der Waals surface area (Å²) >= 11 is 0. The van der Waals surface area contributed by atoms with Crippen LogP contribution in [-0.4, -0.2) is 22.2 Å². The van der Waals surface area contributed by atoms with Crippen LogP contribution >= 0.6 is 12.4 Å². The van der Waals surface area contributed by atoms with Crippen LogP contribution in [0.4, 0.5) is 5.69 Å². The molecule has 118 valence electrons. The molecule has 0 saturated carbocycles. The Morgan fingerprint density at radius 1 is 1.45 bits per heavy atom. The molecular weight excluding hydrogens is 300 g/mol. The van der Waals surface area contributed by atoms with Crippen LogP contribution in [0.1, 0.15) is 34.1 Å². The third-order valence-corrected chi connectivity index (χ3v) is 3.84. The lowest BCUT2D eigenvalue weighted by Crippen LogP contribution is -2.23. The van der Waals surface area contributed by atoms with Gasteiger partial charge in [0.15, 0.2) is 0 Å². The summed E-state index contributed by atoms with van der Waals surface area (Å²) in [6, 6.07) is 5.84. The largest absolute Gasteiger partial charge is 0.384 e. The number of carbonyl (C=O) groups is 1. The summed E-state index contributed by atoms with van der Waals surface area (Å²) < 4.78 is 1.79. The molecule has 5 nitrogen and oxygen atoms in total. The molecule has 1 aliphatic heterocycles. The molecule has 1 aromatic carbocycles. The van der Waals surface area contributed by atoms with Gasteiger partial charge in [0.1, 0.15) is 0 Å². The fourth-order valence-corrected chi connectivity index (χ4v) is 2.75. The predicted molar refractivity (Wildman–Crippen MR) is 89.6 cm³/mol. The molecule has 0 aliphatic carbocycles. The van der Waals surface area contributed by atoms with Gasteiger partial charge in [-0.25, -0.2) is 0 Å². The highest BCUT2D eigenvalue weighted by Crippen LogP contribution is 2.23. The van der Waals surface area contributed by atoms with E-state index in [1.165, 1.54) is 5.56 Å². The van der Waals surface area contributed by atoms with Gasteiger partial charge in [0.05, 0.1) is 5.69 Å². The summed E-state index contributed by atoms with van der Waals surface area (Å²) in [5, 5.41) is 10.7. The average Bonchev–Trinajstić information content (AvgIpc) is 3.09. The number of anilines is 1. The van der Waals surface area contributed by atoms with Crippen LogP contribution in [0.3, 0.4) is 0 Å².